The maximum absolute atomic E-state index is 12.7. The van der Waals surface area contributed by atoms with Crippen LogP contribution in [-0.4, -0.2) is 29.4 Å². The molecule has 0 saturated carbocycles. The third kappa shape index (κ3) is 7.14. The van der Waals surface area contributed by atoms with Gasteiger partial charge in [-0.15, -0.1) is 13.2 Å². The molecule has 2 aromatic rings. The molecule has 0 saturated heterocycles. The van der Waals surface area contributed by atoms with E-state index < -0.39 is 54.4 Å². The van der Waals surface area contributed by atoms with Gasteiger partial charge in [-0.25, -0.2) is 0 Å². The predicted octanol–water partition coefficient (Wildman–Crippen LogP) is 2.95. The van der Waals surface area contributed by atoms with Gasteiger partial charge in [-0.3, -0.25) is 14.4 Å². The van der Waals surface area contributed by atoms with Crippen LogP contribution in [0.15, 0.2) is 47.4 Å². The molecule has 0 aliphatic heterocycles. The highest BCUT2D eigenvalue weighted by molar-refractivity contribution is 5.92. The molecule has 13 heteroatoms. The van der Waals surface area contributed by atoms with Crippen molar-refractivity contribution in [3.63, 3.8) is 0 Å². The minimum absolute atomic E-state index is 0.0691. The highest BCUT2D eigenvalue weighted by Crippen LogP contribution is 2.28. The summed E-state index contributed by atoms with van der Waals surface area (Å²) in [5.41, 5.74) is -1.96. The van der Waals surface area contributed by atoms with Crippen LogP contribution in [0, 0.1) is 0 Å². The molecule has 7 nitrogen and oxygen atoms in total. The van der Waals surface area contributed by atoms with Crippen molar-refractivity contribution in [1.82, 2.24) is 4.57 Å². The van der Waals surface area contributed by atoms with Crippen molar-refractivity contribution in [3.05, 3.63) is 58.5 Å². The number of esters is 1. The quantitative estimate of drug-likeness (QED) is 0.554. The predicted molar refractivity (Wildman–Crippen MR) is 88.4 cm³/mol. The molecule has 1 aromatic heterocycles. The lowest BCUT2D eigenvalue weighted by Gasteiger charge is -2.11. The molecule has 2 rings (SSSR count). The fraction of sp³-hybridized carbons (Fsp3) is 0.235. The van der Waals surface area contributed by atoms with Gasteiger partial charge in [-0.05, 0) is 30.3 Å². The number of hydrogen-bond acceptors (Lipinski definition) is 5. The molecule has 0 bridgehead atoms. The van der Waals surface area contributed by atoms with Crippen molar-refractivity contribution in [3.8, 4) is 5.75 Å². The zero-order chi connectivity index (χ0) is 22.5. The number of hydrogen-bond donors (Lipinski definition) is 1. The van der Waals surface area contributed by atoms with Gasteiger partial charge in [0.1, 0.15) is 12.3 Å². The largest absolute Gasteiger partial charge is 0.573 e. The van der Waals surface area contributed by atoms with Crippen molar-refractivity contribution >= 4 is 17.6 Å². The Balaban J connectivity index is 1.88. The van der Waals surface area contributed by atoms with Gasteiger partial charge in [0.05, 0.1) is 5.56 Å². The van der Waals surface area contributed by atoms with Crippen LogP contribution in [0.1, 0.15) is 5.56 Å². The Labute approximate surface area is 163 Å². The number of nitrogens with one attached hydrogen (secondary N) is 1. The molecule has 30 heavy (non-hydrogen) atoms. The second-order valence-electron chi connectivity index (χ2n) is 5.66. The number of rotatable bonds is 6. The molecule has 1 aromatic carbocycles. The summed E-state index contributed by atoms with van der Waals surface area (Å²) in [7, 11) is 0. The number of alkyl halides is 6. The van der Waals surface area contributed by atoms with Crippen molar-refractivity contribution in [2.24, 2.45) is 0 Å². The van der Waals surface area contributed by atoms with Crippen LogP contribution in [0.5, 0.6) is 5.75 Å². The Kier molecular flexibility index (Phi) is 6.74. The van der Waals surface area contributed by atoms with Crippen molar-refractivity contribution in [2.45, 2.75) is 19.1 Å². The molecule has 0 spiro atoms. The monoisotopic (exact) mass is 438 g/mol. The molecule has 0 radical (unpaired) electrons. The molecular weight excluding hydrogens is 426 g/mol. The van der Waals surface area contributed by atoms with E-state index in [1.807, 2.05) is 0 Å². The molecule has 0 atom stereocenters. The number of pyridine rings is 1. The molecule has 1 amide bonds. The summed E-state index contributed by atoms with van der Waals surface area (Å²) in [6.45, 7) is -1.70. The van der Waals surface area contributed by atoms with E-state index in [2.05, 4.69) is 14.8 Å². The lowest BCUT2D eigenvalue weighted by Crippen LogP contribution is -2.28. The zero-order valence-electron chi connectivity index (χ0n) is 14.7. The maximum Gasteiger partial charge on any atom is 0.573 e. The van der Waals surface area contributed by atoms with Crippen LogP contribution in [-0.2, 0) is 27.0 Å². The number of anilines is 1. The first-order valence-corrected chi connectivity index (χ1v) is 7.92. The van der Waals surface area contributed by atoms with E-state index in [1.54, 1.807) is 0 Å². The van der Waals surface area contributed by atoms with Crippen LogP contribution in [0.2, 0.25) is 0 Å². The van der Waals surface area contributed by atoms with E-state index in [0.717, 1.165) is 24.3 Å². The Hall–Kier alpha value is -3.51. The van der Waals surface area contributed by atoms with Crippen LogP contribution in [0.4, 0.5) is 32.0 Å². The number of ether oxygens (including phenoxy) is 2. The van der Waals surface area contributed by atoms with Crippen LogP contribution in [0.25, 0.3) is 0 Å². The summed E-state index contributed by atoms with van der Waals surface area (Å²) in [5.74, 6) is -2.54. The van der Waals surface area contributed by atoms with Gasteiger partial charge in [0.15, 0.2) is 6.61 Å². The van der Waals surface area contributed by atoms with Gasteiger partial charge in [0.2, 0.25) is 0 Å². The second kappa shape index (κ2) is 8.88. The minimum Gasteiger partial charge on any atom is -0.454 e. The minimum atomic E-state index is -4.87. The first-order chi connectivity index (χ1) is 13.8. The summed E-state index contributed by atoms with van der Waals surface area (Å²) in [4.78, 5) is 35.0. The summed E-state index contributed by atoms with van der Waals surface area (Å²) in [5, 5.41) is 2.22. The fourth-order valence-corrected chi connectivity index (χ4v) is 2.09. The summed E-state index contributed by atoms with van der Waals surface area (Å²) in [6, 6.07) is 5.27. The molecular formula is C17H12F6N2O5. The van der Waals surface area contributed by atoms with E-state index in [9.17, 15) is 40.7 Å². The van der Waals surface area contributed by atoms with E-state index in [1.165, 1.54) is 0 Å². The maximum atomic E-state index is 12.7. The lowest BCUT2D eigenvalue weighted by molar-refractivity contribution is -0.274. The standard InChI is InChI=1S/C17H12F6N2O5/c18-16(19,20)10-1-6-14(27)25(7-10)8-15(28)29-9-13(26)24-11-2-4-12(5-3-11)30-17(21,22)23/h1-7H,8-9H2,(H,24,26). The average molecular weight is 438 g/mol. The van der Waals surface area contributed by atoms with Gasteiger partial charge in [0.25, 0.3) is 11.5 Å². The van der Waals surface area contributed by atoms with Crippen molar-refractivity contribution in [1.29, 1.82) is 0 Å². The van der Waals surface area contributed by atoms with Crippen LogP contribution < -0.4 is 15.6 Å². The molecule has 0 aliphatic carbocycles. The van der Waals surface area contributed by atoms with Crippen molar-refractivity contribution < 1.29 is 45.4 Å². The molecule has 0 aliphatic rings. The summed E-state index contributed by atoms with van der Waals surface area (Å²) < 4.78 is 82.9. The third-order valence-electron chi connectivity index (χ3n) is 3.35. The third-order valence-corrected chi connectivity index (χ3v) is 3.35. The van der Waals surface area contributed by atoms with Gasteiger partial charge in [0, 0.05) is 18.0 Å². The van der Waals surface area contributed by atoms with E-state index in [0.29, 0.717) is 22.9 Å². The van der Waals surface area contributed by atoms with Gasteiger partial charge in [-0.1, -0.05) is 0 Å². The van der Waals surface area contributed by atoms with E-state index in [4.69, 9.17) is 0 Å². The molecule has 0 fully saturated rings. The average Bonchev–Trinajstić information content (AvgIpc) is 2.61. The molecule has 0 unspecified atom stereocenters. The fourth-order valence-electron chi connectivity index (χ4n) is 2.09. The van der Waals surface area contributed by atoms with Crippen molar-refractivity contribution in [2.75, 3.05) is 11.9 Å². The van der Waals surface area contributed by atoms with Gasteiger partial charge < -0.3 is 19.4 Å². The van der Waals surface area contributed by atoms with Gasteiger partial charge >= 0.3 is 18.5 Å². The smallest absolute Gasteiger partial charge is 0.454 e. The summed E-state index contributed by atoms with van der Waals surface area (Å²) in [6.07, 6.45) is -9.16. The molecule has 1 heterocycles. The Morgan fingerprint density at radius 2 is 1.60 bits per heavy atom. The molecule has 162 valence electrons. The summed E-state index contributed by atoms with van der Waals surface area (Å²) >= 11 is 0. The normalized spacial score (nSPS) is 11.7. The van der Waals surface area contributed by atoms with Crippen LogP contribution >= 0.6 is 0 Å². The number of carbonyl (C=O) groups is 2. The second-order valence-corrected chi connectivity index (χ2v) is 5.66. The SMILES string of the molecule is O=C(COC(=O)Cn1cc(C(F)(F)F)ccc1=O)Nc1ccc(OC(F)(F)F)cc1. The number of halogens is 6. The van der Waals surface area contributed by atoms with Gasteiger partial charge in [-0.2, -0.15) is 13.2 Å². The highest BCUT2D eigenvalue weighted by Gasteiger charge is 2.31. The molecule has 1 N–H and O–H groups in total. The topological polar surface area (TPSA) is 86.6 Å². The number of nitrogens with zero attached hydrogens (tertiary/aromatic N) is 1. The number of amides is 1. The number of benzene rings is 1. The Morgan fingerprint density at radius 1 is 0.967 bits per heavy atom. The number of carbonyl (C=O) groups excluding carboxylic acids is 2. The first-order valence-electron chi connectivity index (χ1n) is 7.92. The highest BCUT2D eigenvalue weighted by atomic mass is 19.4. The lowest BCUT2D eigenvalue weighted by atomic mass is 10.3. The number of aromatic nitrogens is 1. The van der Waals surface area contributed by atoms with E-state index in [-0.39, 0.29) is 5.69 Å². The zero-order valence-corrected chi connectivity index (χ0v) is 14.7. The Bertz CT molecular complexity index is 966. The first kappa shape index (κ1) is 22.8. The van der Waals surface area contributed by atoms with E-state index >= 15 is 0 Å². The van der Waals surface area contributed by atoms with Crippen LogP contribution in [0.3, 0.4) is 0 Å². The Morgan fingerprint density at radius 3 is 2.17 bits per heavy atom.